The molecule has 0 aromatic heterocycles. The van der Waals surface area contributed by atoms with Crippen molar-refractivity contribution < 1.29 is 9.13 Å². The van der Waals surface area contributed by atoms with Gasteiger partial charge in [-0.1, -0.05) is 0 Å². The number of methoxy groups -OCH3 is 1. The first kappa shape index (κ1) is 8.81. The Balaban J connectivity index is 2.84. The van der Waals surface area contributed by atoms with Gasteiger partial charge in [0.1, 0.15) is 11.6 Å². The number of benzene rings is 2. The molecular formula is C11H10FNO. The van der Waals surface area contributed by atoms with Crippen LogP contribution in [0.15, 0.2) is 30.3 Å². The summed E-state index contributed by atoms with van der Waals surface area (Å²) in [5.41, 5.74) is 6.28. The van der Waals surface area contributed by atoms with E-state index in [2.05, 4.69) is 0 Å². The Bertz CT molecular complexity index is 482. The second-order valence-electron chi connectivity index (χ2n) is 3.05. The number of hydrogen-bond donors (Lipinski definition) is 1. The number of nitrogen functional groups attached to an aromatic ring is 1. The van der Waals surface area contributed by atoms with Gasteiger partial charge >= 0.3 is 0 Å². The molecule has 0 aliphatic rings. The Morgan fingerprint density at radius 3 is 2.64 bits per heavy atom. The van der Waals surface area contributed by atoms with Crippen LogP contribution in [0, 0.1) is 5.82 Å². The van der Waals surface area contributed by atoms with Crippen LogP contribution in [0.1, 0.15) is 0 Å². The highest BCUT2D eigenvalue weighted by Crippen LogP contribution is 2.30. The number of nitrogens with two attached hydrogens (primary N) is 1. The monoisotopic (exact) mass is 191 g/mol. The Hall–Kier alpha value is -1.77. The summed E-state index contributed by atoms with van der Waals surface area (Å²) in [6.45, 7) is 0. The molecule has 2 rings (SSSR count). The van der Waals surface area contributed by atoms with Gasteiger partial charge in [0, 0.05) is 16.5 Å². The number of rotatable bonds is 1. The van der Waals surface area contributed by atoms with Crippen LogP contribution < -0.4 is 10.5 Å². The van der Waals surface area contributed by atoms with Crippen LogP contribution in [-0.4, -0.2) is 7.11 Å². The quantitative estimate of drug-likeness (QED) is 0.703. The van der Waals surface area contributed by atoms with Crippen LogP contribution in [-0.2, 0) is 0 Å². The van der Waals surface area contributed by atoms with Gasteiger partial charge in [-0.25, -0.2) is 4.39 Å². The molecule has 2 N–H and O–H groups in total. The van der Waals surface area contributed by atoms with Crippen LogP contribution in [0.5, 0.6) is 5.75 Å². The average Bonchev–Trinajstić information content (AvgIpc) is 2.19. The average molecular weight is 191 g/mol. The van der Waals surface area contributed by atoms with Gasteiger partial charge < -0.3 is 10.5 Å². The van der Waals surface area contributed by atoms with Crippen molar-refractivity contribution in [1.29, 1.82) is 0 Å². The lowest BCUT2D eigenvalue weighted by Crippen LogP contribution is -1.91. The van der Waals surface area contributed by atoms with Crippen LogP contribution in [0.25, 0.3) is 10.8 Å². The smallest absolute Gasteiger partial charge is 0.126 e. The molecule has 0 bridgehead atoms. The third-order valence-corrected chi connectivity index (χ3v) is 2.19. The lowest BCUT2D eigenvalue weighted by Gasteiger charge is -2.07. The predicted octanol–water partition coefficient (Wildman–Crippen LogP) is 2.57. The lowest BCUT2D eigenvalue weighted by atomic mass is 10.1. The fourth-order valence-electron chi connectivity index (χ4n) is 1.49. The first-order valence-corrected chi connectivity index (χ1v) is 4.24. The maximum atomic E-state index is 13.0. The third kappa shape index (κ3) is 1.27. The molecule has 0 saturated heterocycles. The van der Waals surface area contributed by atoms with E-state index in [4.69, 9.17) is 10.5 Å². The van der Waals surface area contributed by atoms with E-state index in [-0.39, 0.29) is 5.82 Å². The molecule has 0 unspecified atom stereocenters. The van der Waals surface area contributed by atoms with E-state index in [9.17, 15) is 4.39 Å². The molecule has 0 amide bonds. The van der Waals surface area contributed by atoms with E-state index >= 15 is 0 Å². The minimum absolute atomic E-state index is 0.294. The molecule has 0 aliphatic carbocycles. The van der Waals surface area contributed by atoms with Crippen molar-refractivity contribution in [3.8, 4) is 5.75 Å². The largest absolute Gasteiger partial charge is 0.496 e. The fourth-order valence-corrected chi connectivity index (χ4v) is 1.49. The van der Waals surface area contributed by atoms with E-state index < -0.39 is 0 Å². The molecule has 0 heterocycles. The highest BCUT2D eigenvalue weighted by molar-refractivity contribution is 5.97. The van der Waals surface area contributed by atoms with Crippen molar-refractivity contribution in [2.45, 2.75) is 0 Å². The standard InChI is InChI=1S/C11H10FNO/c1-14-11-5-4-10(13)9-6-7(12)2-3-8(9)11/h2-6H,13H2,1H3. The molecule has 3 heteroatoms. The van der Waals surface area contributed by atoms with E-state index in [0.29, 0.717) is 16.8 Å². The third-order valence-electron chi connectivity index (χ3n) is 2.19. The minimum Gasteiger partial charge on any atom is -0.496 e. The van der Waals surface area contributed by atoms with Crippen molar-refractivity contribution in [2.75, 3.05) is 12.8 Å². The molecule has 2 aromatic carbocycles. The summed E-state index contributed by atoms with van der Waals surface area (Å²) < 4.78 is 18.1. The summed E-state index contributed by atoms with van der Waals surface area (Å²) >= 11 is 0. The van der Waals surface area contributed by atoms with Gasteiger partial charge in [-0.2, -0.15) is 0 Å². The van der Waals surface area contributed by atoms with Gasteiger partial charge in [-0.3, -0.25) is 0 Å². The molecule has 2 aromatic rings. The number of halogens is 1. The number of anilines is 1. The van der Waals surface area contributed by atoms with Crippen molar-refractivity contribution >= 4 is 16.5 Å². The number of fused-ring (bicyclic) bond motifs is 1. The maximum Gasteiger partial charge on any atom is 0.126 e. The van der Waals surface area contributed by atoms with Crippen LogP contribution in [0.3, 0.4) is 0 Å². The molecule has 0 spiro atoms. The molecule has 2 nitrogen and oxygen atoms in total. The van der Waals surface area contributed by atoms with Crippen molar-refractivity contribution in [3.05, 3.63) is 36.1 Å². The predicted molar refractivity (Wildman–Crippen MR) is 54.9 cm³/mol. The molecular weight excluding hydrogens is 181 g/mol. The van der Waals surface area contributed by atoms with Gasteiger partial charge in [0.25, 0.3) is 0 Å². The Labute approximate surface area is 81.1 Å². The summed E-state index contributed by atoms with van der Waals surface area (Å²) in [5.74, 6) is 0.409. The molecule has 0 aliphatic heterocycles. The van der Waals surface area contributed by atoms with E-state index in [1.165, 1.54) is 12.1 Å². The van der Waals surface area contributed by atoms with Crippen LogP contribution in [0.4, 0.5) is 10.1 Å². The summed E-state index contributed by atoms with van der Waals surface area (Å²) in [6.07, 6.45) is 0. The van der Waals surface area contributed by atoms with E-state index in [1.54, 1.807) is 25.3 Å². The number of ether oxygens (including phenoxy) is 1. The van der Waals surface area contributed by atoms with Crippen molar-refractivity contribution in [1.82, 2.24) is 0 Å². The topological polar surface area (TPSA) is 35.2 Å². The zero-order valence-corrected chi connectivity index (χ0v) is 7.75. The minimum atomic E-state index is -0.294. The Morgan fingerprint density at radius 2 is 1.93 bits per heavy atom. The summed E-state index contributed by atoms with van der Waals surface area (Å²) in [7, 11) is 1.58. The zero-order valence-electron chi connectivity index (χ0n) is 7.75. The molecule has 0 atom stereocenters. The SMILES string of the molecule is COc1ccc(N)c2cc(F)ccc12. The highest BCUT2D eigenvalue weighted by atomic mass is 19.1. The molecule has 0 radical (unpaired) electrons. The maximum absolute atomic E-state index is 13.0. The Morgan fingerprint density at radius 1 is 1.14 bits per heavy atom. The lowest BCUT2D eigenvalue weighted by molar-refractivity contribution is 0.420. The van der Waals surface area contributed by atoms with Gasteiger partial charge in [-0.05, 0) is 30.3 Å². The Kier molecular flexibility index (Phi) is 2.00. The first-order valence-electron chi connectivity index (χ1n) is 4.24. The molecule has 0 fully saturated rings. The number of hydrogen-bond acceptors (Lipinski definition) is 2. The van der Waals surface area contributed by atoms with E-state index in [0.717, 1.165) is 5.39 Å². The highest BCUT2D eigenvalue weighted by Gasteiger charge is 2.04. The molecule has 14 heavy (non-hydrogen) atoms. The summed E-state index contributed by atoms with van der Waals surface area (Å²) in [4.78, 5) is 0. The van der Waals surface area contributed by atoms with Gasteiger partial charge in [0.05, 0.1) is 7.11 Å². The van der Waals surface area contributed by atoms with Crippen molar-refractivity contribution in [3.63, 3.8) is 0 Å². The molecule has 0 saturated carbocycles. The summed E-state index contributed by atoms with van der Waals surface area (Å²) in [5, 5.41) is 1.51. The second-order valence-corrected chi connectivity index (χ2v) is 3.05. The summed E-state index contributed by atoms with van der Waals surface area (Å²) in [6, 6.07) is 7.95. The first-order chi connectivity index (χ1) is 6.72. The van der Waals surface area contributed by atoms with Gasteiger partial charge in [0.2, 0.25) is 0 Å². The molecule has 72 valence electrons. The zero-order chi connectivity index (χ0) is 10.1. The van der Waals surface area contributed by atoms with Crippen molar-refractivity contribution in [2.24, 2.45) is 0 Å². The van der Waals surface area contributed by atoms with Gasteiger partial charge in [-0.15, -0.1) is 0 Å². The van der Waals surface area contributed by atoms with E-state index in [1.807, 2.05) is 0 Å². The van der Waals surface area contributed by atoms with Crippen LogP contribution >= 0.6 is 0 Å². The fraction of sp³-hybridized carbons (Fsp3) is 0.0909. The normalized spacial score (nSPS) is 10.4. The second kappa shape index (κ2) is 3.18. The van der Waals surface area contributed by atoms with Gasteiger partial charge in [0.15, 0.2) is 0 Å². The van der Waals surface area contributed by atoms with Crippen LogP contribution in [0.2, 0.25) is 0 Å².